The minimum absolute atomic E-state index is 0.424. The second kappa shape index (κ2) is 4.31. The predicted molar refractivity (Wildman–Crippen MR) is 64.5 cm³/mol. The van der Waals surface area contributed by atoms with Crippen LogP contribution in [0, 0.1) is 0 Å². The summed E-state index contributed by atoms with van der Waals surface area (Å²) in [7, 11) is 0. The van der Waals surface area contributed by atoms with E-state index in [1.165, 1.54) is 18.5 Å². The van der Waals surface area contributed by atoms with Gasteiger partial charge < -0.3 is 0 Å². The number of nitrogens with zero attached hydrogens (tertiary/aromatic N) is 2. The van der Waals surface area contributed by atoms with Gasteiger partial charge in [-0.2, -0.15) is 5.10 Å². The maximum atomic E-state index is 5.10. The molecule has 0 atom stereocenters. The molecule has 0 radical (unpaired) electrons. The lowest BCUT2D eigenvalue weighted by Crippen LogP contribution is -2.03. The van der Waals surface area contributed by atoms with Gasteiger partial charge in [-0.15, -0.1) is 0 Å². The highest BCUT2D eigenvalue weighted by atomic mass is 16.6. The summed E-state index contributed by atoms with van der Waals surface area (Å²) in [5.74, 6) is 5.78. The minimum atomic E-state index is 0.424. The Morgan fingerprint density at radius 3 is 3.00 bits per heavy atom. The molecule has 1 heterocycles. The lowest BCUT2D eigenvalue weighted by atomic mass is 10.2. The monoisotopic (exact) mass is 229 g/mol. The zero-order valence-electron chi connectivity index (χ0n) is 9.54. The van der Waals surface area contributed by atoms with E-state index in [-0.39, 0.29) is 0 Å². The van der Waals surface area contributed by atoms with Crippen molar-refractivity contribution in [1.29, 1.82) is 0 Å². The lowest BCUT2D eigenvalue weighted by Gasteiger charge is -2.08. The standard InChI is InChI=1S/C13H15N3O/c14-17-9-10-2-1-3-12(8-10)16-13(6-7-15-16)11-4-5-11/h1-3,6-8,11H,4-5,9,14H2. The van der Waals surface area contributed by atoms with Crippen LogP contribution in [-0.2, 0) is 11.4 Å². The van der Waals surface area contributed by atoms with Gasteiger partial charge in [-0.25, -0.2) is 10.6 Å². The topological polar surface area (TPSA) is 53.1 Å². The van der Waals surface area contributed by atoms with Gasteiger partial charge in [0.1, 0.15) is 0 Å². The van der Waals surface area contributed by atoms with Crippen LogP contribution in [0.4, 0.5) is 0 Å². The zero-order valence-corrected chi connectivity index (χ0v) is 9.54. The number of nitrogens with two attached hydrogens (primary N) is 1. The van der Waals surface area contributed by atoms with Gasteiger partial charge in [-0.1, -0.05) is 12.1 Å². The Morgan fingerprint density at radius 2 is 2.24 bits per heavy atom. The van der Waals surface area contributed by atoms with E-state index in [2.05, 4.69) is 28.1 Å². The Hall–Kier alpha value is -1.65. The summed E-state index contributed by atoms with van der Waals surface area (Å²) in [5, 5.41) is 4.39. The van der Waals surface area contributed by atoms with Crippen molar-refractivity contribution in [2.75, 3.05) is 0 Å². The van der Waals surface area contributed by atoms with Crippen molar-refractivity contribution in [3.05, 3.63) is 47.8 Å². The summed E-state index contributed by atoms with van der Waals surface area (Å²) in [5.41, 5.74) is 3.43. The van der Waals surface area contributed by atoms with Crippen LogP contribution in [0.25, 0.3) is 5.69 Å². The van der Waals surface area contributed by atoms with E-state index in [9.17, 15) is 0 Å². The molecule has 1 aliphatic rings. The Bertz CT molecular complexity index is 517. The third-order valence-electron chi connectivity index (χ3n) is 3.07. The van der Waals surface area contributed by atoms with E-state index in [1.807, 2.05) is 23.0 Å². The zero-order chi connectivity index (χ0) is 11.7. The molecule has 88 valence electrons. The number of aromatic nitrogens is 2. The number of benzene rings is 1. The Morgan fingerprint density at radius 1 is 1.35 bits per heavy atom. The lowest BCUT2D eigenvalue weighted by molar-refractivity contribution is 0.124. The van der Waals surface area contributed by atoms with Crippen LogP contribution in [0.5, 0.6) is 0 Å². The van der Waals surface area contributed by atoms with Gasteiger partial charge in [0, 0.05) is 17.8 Å². The van der Waals surface area contributed by atoms with Gasteiger partial charge in [-0.05, 0) is 36.6 Å². The Kier molecular flexibility index (Phi) is 2.66. The number of rotatable bonds is 4. The maximum Gasteiger partial charge on any atom is 0.0930 e. The summed E-state index contributed by atoms with van der Waals surface area (Å²) < 4.78 is 2.01. The molecule has 0 amide bonds. The van der Waals surface area contributed by atoms with Crippen LogP contribution in [-0.4, -0.2) is 9.78 Å². The first kappa shape index (κ1) is 10.5. The van der Waals surface area contributed by atoms with Gasteiger partial charge >= 0.3 is 0 Å². The molecule has 4 heteroatoms. The molecule has 0 bridgehead atoms. The number of hydrogen-bond acceptors (Lipinski definition) is 3. The van der Waals surface area contributed by atoms with Gasteiger partial charge in [0.2, 0.25) is 0 Å². The summed E-state index contributed by atoms with van der Waals surface area (Å²) in [6.45, 7) is 0.424. The highest BCUT2D eigenvalue weighted by Gasteiger charge is 2.27. The molecular formula is C13H15N3O. The quantitative estimate of drug-likeness (QED) is 0.817. The summed E-state index contributed by atoms with van der Waals surface area (Å²) in [6.07, 6.45) is 4.41. The minimum Gasteiger partial charge on any atom is -0.300 e. The molecule has 2 N–H and O–H groups in total. The maximum absolute atomic E-state index is 5.10. The molecule has 1 saturated carbocycles. The largest absolute Gasteiger partial charge is 0.300 e. The fourth-order valence-corrected chi connectivity index (χ4v) is 2.09. The molecule has 0 saturated heterocycles. The van der Waals surface area contributed by atoms with Crippen LogP contribution < -0.4 is 5.90 Å². The first-order chi connectivity index (χ1) is 8.38. The van der Waals surface area contributed by atoms with E-state index in [0.29, 0.717) is 12.5 Å². The first-order valence-electron chi connectivity index (χ1n) is 5.83. The van der Waals surface area contributed by atoms with Crippen LogP contribution in [0.2, 0.25) is 0 Å². The molecule has 17 heavy (non-hydrogen) atoms. The molecule has 1 fully saturated rings. The van der Waals surface area contributed by atoms with E-state index in [0.717, 1.165) is 11.3 Å². The highest BCUT2D eigenvalue weighted by Crippen LogP contribution is 2.40. The molecule has 4 nitrogen and oxygen atoms in total. The Labute approximate surface area is 100.0 Å². The van der Waals surface area contributed by atoms with Gasteiger partial charge in [-0.3, -0.25) is 4.84 Å². The summed E-state index contributed by atoms with van der Waals surface area (Å²) in [4.78, 5) is 4.66. The highest BCUT2D eigenvalue weighted by molar-refractivity contribution is 5.37. The third kappa shape index (κ3) is 2.09. The van der Waals surface area contributed by atoms with Crippen LogP contribution in [0.15, 0.2) is 36.5 Å². The van der Waals surface area contributed by atoms with Crippen LogP contribution >= 0.6 is 0 Å². The molecule has 0 spiro atoms. The summed E-state index contributed by atoms with van der Waals surface area (Å²) in [6, 6.07) is 10.2. The van der Waals surface area contributed by atoms with Crippen molar-refractivity contribution in [3.8, 4) is 5.69 Å². The van der Waals surface area contributed by atoms with E-state index in [4.69, 9.17) is 5.90 Å². The normalized spacial score (nSPS) is 15.1. The van der Waals surface area contributed by atoms with E-state index in [1.54, 1.807) is 0 Å². The van der Waals surface area contributed by atoms with Gasteiger partial charge in [0.25, 0.3) is 0 Å². The molecule has 1 aromatic heterocycles. The van der Waals surface area contributed by atoms with Crippen LogP contribution in [0.3, 0.4) is 0 Å². The van der Waals surface area contributed by atoms with Crippen molar-refractivity contribution in [1.82, 2.24) is 9.78 Å². The molecule has 1 aromatic carbocycles. The predicted octanol–water partition coefficient (Wildman–Crippen LogP) is 2.14. The van der Waals surface area contributed by atoms with Gasteiger partial charge in [0.15, 0.2) is 0 Å². The average molecular weight is 229 g/mol. The molecule has 0 unspecified atom stereocenters. The van der Waals surface area contributed by atoms with Crippen molar-refractivity contribution in [3.63, 3.8) is 0 Å². The van der Waals surface area contributed by atoms with E-state index < -0.39 is 0 Å². The van der Waals surface area contributed by atoms with E-state index >= 15 is 0 Å². The number of hydrogen-bond donors (Lipinski definition) is 1. The fraction of sp³-hybridized carbons (Fsp3) is 0.308. The first-order valence-corrected chi connectivity index (χ1v) is 5.83. The molecular weight excluding hydrogens is 214 g/mol. The average Bonchev–Trinajstić information content (AvgIpc) is 3.08. The SMILES string of the molecule is NOCc1cccc(-n2nccc2C2CC2)c1. The van der Waals surface area contributed by atoms with Crippen LogP contribution in [0.1, 0.15) is 30.0 Å². The van der Waals surface area contributed by atoms with Crippen molar-refractivity contribution >= 4 is 0 Å². The van der Waals surface area contributed by atoms with Crippen molar-refractivity contribution in [2.45, 2.75) is 25.4 Å². The smallest absolute Gasteiger partial charge is 0.0930 e. The van der Waals surface area contributed by atoms with Crippen molar-refractivity contribution < 1.29 is 4.84 Å². The van der Waals surface area contributed by atoms with Crippen molar-refractivity contribution in [2.24, 2.45) is 5.90 Å². The molecule has 0 aliphatic heterocycles. The molecule has 1 aliphatic carbocycles. The summed E-state index contributed by atoms with van der Waals surface area (Å²) >= 11 is 0. The third-order valence-corrected chi connectivity index (χ3v) is 3.07. The molecule has 3 rings (SSSR count). The second-order valence-corrected chi connectivity index (χ2v) is 4.42. The fourth-order valence-electron chi connectivity index (χ4n) is 2.09. The Balaban J connectivity index is 1.96. The molecule has 2 aromatic rings. The van der Waals surface area contributed by atoms with Gasteiger partial charge in [0.05, 0.1) is 12.3 Å². The second-order valence-electron chi connectivity index (χ2n) is 4.42.